The molecule has 1 saturated heterocycles. The molecule has 4 aromatic rings. The third-order valence-electron chi connectivity index (χ3n) is 13.2. The normalized spacial score (nSPS) is 26.3. The van der Waals surface area contributed by atoms with Crippen LogP contribution in [0, 0.1) is 30.4 Å². The number of hydrogen-bond donors (Lipinski definition) is 2. The van der Waals surface area contributed by atoms with Crippen molar-refractivity contribution < 1.29 is 27.2 Å². The molecule has 3 saturated carbocycles. The quantitative estimate of drug-likeness (QED) is 0.168. The number of halogens is 4. The van der Waals surface area contributed by atoms with Gasteiger partial charge in [-0.3, -0.25) is 19.5 Å². The van der Waals surface area contributed by atoms with E-state index < -0.39 is 34.9 Å². The maximum atomic E-state index is 15.7. The number of alkyl halides is 2. The predicted molar refractivity (Wildman–Crippen MR) is 201 cm³/mol. The number of piperidine rings is 1. The Labute approximate surface area is 317 Å². The van der Waals surface area contributed by atoms with Gasteiger partial charge in [-0.25, -0.2) is 27.5 Å². The van der Waals surface area contributed by atoms with Crippen LogP contribution in [0.4, 0.5) is 34.8 Å². The van der Waals surface area contributed by atoms with Gasteiger partial charge in [0.15, 0.2) is 17.5 Å². The minimum absolute atomic E-state index is 0.0133. The van der Waals surface area contributed by atoms with Crippen molar-refractivity contribution in [3.05, 3.63) is 59.2 Å². The number of rotatable bonds is 9. The van der Waals surface area contributed by atoms with Crippen molar-refractivity contribution in [3.63, 3.8) is 0 Å². The van der Waals surface area contributed by atoms with E-state index in [1.165, 1.54) is 19.8 Å². The number of carbonyl (C=O) groups is 2. The van der Waals surface area contributed by atoms with Crippen LogP contribution in [0.1, 0.15) is 101 Å². The summed E-state index contributed by atoms with van der Waals surface area (Å²) >= 11 is 0. The average molecular weight is 759 g/mol. The summed E-state index contributed by atoms with van der Waals surface area (Å²) in [5, 5.41) is 5.27. The molecular weight excluding hydrogens is 712 g/mol. The predicted octanol–water partition coefficient (Wildman–Crippen LogP) is 7.82. The van der Waals surface area contributed by atoms with Gasteiger partial charge in [0.1, 0.15) is 11.1 Å². The Bertz CT molecular complexity index is 2280. The Morgan fingerprint density at radius 2 is 1.76 bits per heavy atom. The molecule has 10 nitrogen and oxygen atoms in total. The van der Waals surface area contributed by atoms with Crippen molar-refractivity contribution in [2.24, 2.45) is 11.8 Å². The number of nitrogens with one attached hydrogen (secondary N) is 2. The summed E-state index contributed by atoms with van der Waals surface area (Å²) in [6.07, 6.45) is 5.06. The Morgan fingerprint density at radius 1 is 1.02 bits per heavy atom. The van der Waals surface area contributed by atoms with Crippen molar-refractivity contribution in [3.8, 4) is 11.3 Å². The summed E-state index contributed by atoms with van der Waals surface area (Å²) in [4.78, 5) is 46.2. The molecule has 5 heterocycles. The highest BCUT2D eigenvalue weighted by Gasteiger charge is 2.57. The highest BCUT2D eigenvalue weighted by molar-refractivity contribution is 6.08. The van der Waals surface area contributed by atoms with Gasteiger partial charge >= 0.3 is 0 Å². The monoisotopic (exact) mass is 758 g/mol. The Kier molecular flexibility index (Phi) is 8.00. The van der Waals surface area contributed by atoms with Gasteiger partial charge in [0.25, 0.3) is 12.3 Å². The van der Waals surface area contributed by atoms with E-state index >= 15 is 8.78 Å². The average Bonchev–Trinajstić information content (AvgIpc) is 4.04. The van der Waals surface area contributed by atoms with E-state index in [2.05, 4.69) is 27.4 Å². The summed E-state index contributed by atoms with van der Waals surface area (Å²) in [5.74, 6) is -1.57. The van der Waals surface area contributed by atoms with Crippen LogP contribution in [0.25, 0.3) is 22.3 Å². The van der Waals surface area contributed by atoms with Crippen molar-refractivity contribution in [1.29, 1.82) is 0 Å². The number of amides is 2. The maximum absolute atomic E-state index is 15.7. The molecule has 4 fully saturated rings. The second kappa shape index (κ2) is 12.2. The molecule has 3 aromatic heterocycles. The van der Waals surface area contributed by atoms with E-state index in [0.717, 1.165) is 49.5 Å². The molecule has 0 spiro atoms. The van der Waals surface area contributed by atoms with Crippen LogP contribution < -0.4 is 15.5 Å². The number of fused-ring (bicyclic) bond motifs is 3. The molecule has 2 N–H and O–H groups in total. The third kappa shape index (κ3) is 5.63. The molecular formula is C41H46F4N8O2. The number of nitrogens with zero attached hydrogens (tertiary/aromatic N) is 6. The Hall–Kier alpha value is -4.59. The lowest BCUT2D eigenvalue weighted by Gasteiger charge is -2.55. The lowest BCUT2D eigenvalue weighted by molar-refractivity contribution is -0.124. The number of aromatic nitrogens is 4. The van der Waals surface area contributed by atoms with E-state index in [-0.39, 0.29) is 59.0 Å². The molecule has 2 amide bonds. The van der Waals surface area contributed by atoms with Gasteiger partial charge in [0.05, 0.1) is 40.0 Å². The molecule has 0 unspecified atom stereocenters. The standard InChI is InChI=1S/C41H46F4N8O2/c1-20(2)52-19-47-29-14-27(48-35(33(29)52)49-28-13-26(21(3)31(42)32(28)43)36(54)50-41(8-9-41)37(44)45)23-12-30-34(46-17-23)39(4,5)38(55)53(30)25-15-40(6,16-25)51-10-7-22-11-24(22)18-51/h12-14,17,19-20,22,24-25,37H,7-11,15-16,18H2,1-6H3,(H,48,49)(H,50,54)/t22-,24-,25?,40?/m1/s1. The molecule has 2 aliphatic heterocycles. The van der Waals surface area contributed by atoms with Gasteiger partial charge in [0.2, 0.25) is 5.91 Å². The zero-order valence-corrected chi connectivity index (χ0v) is 31.9. The summed E-state index contributed by atoms with van der Waals surface area (Å²) in [7, 11) is 0. The first-order valence-electron chi connectivity index (χ1n) is 19.3. The van der Waals surface area contributed by atoms with E-state index in [4.69, 9.17) is 9.97 Å². The highest BCUT2D eigenvalue weighted by atomic mass is 19.3. The number of carbonyl (C=O) groups excluding carboxylic acids is 2. The van der Waals surface area contributed by atoms with Crippen LogP contribution in [0.5, 0.6) is 0 Å². The van der Waals surface area contributed by atoms with E-state index in [9.17, 15) is 18.4 Å². The SMILES string of the molecule is Cc1c(C(=O)NC2(C(F)F)CC2)cc(Nc2nc(-c3cnc4c(c3)N(C3CC(C)(N5CC[C@@H]6C[C@@H]6C5)C3)C(=O)C4(C)C)cc3ncn(C(C)C)c23)c(F)c1F. The van der Waals surface area contributed by atoms with Crippen LogP contribution in [0.2, 0.25) is 0 Å². The van der Waals surface area contributed by atoms with Crippen LogP contribution in [0.15, 0.2) is 30.7 Å². The van der Waals surface area contributed by atoms with E-state index in [1.54, 1.807) is 18.6 Å². The fourth-order valence-electron chi connectivity index (χ4n) is 9.29. The summed E-state index contributed by atoms with van der Waals surface area (Å²) < 4.78 is 60.3. The fourth-order valence-corrected chi connectivity index (χ4v) is 9.29. The molecule has 2 atom stereocenters. The van der Waals surface area contributed by atoms with Gasteiger partial charge < -0.3 is 20.1 Å². The van der Waals surface area contributed by atoms with Crippen LogP contribution in [0.3, 0.4) is 0 Å². The molecule has 3 aliphatic carbocycles. The molecule has 5 aliphatic rings. The Balaban J connectivity index is 1.07. The minimum Gasteiger partial charge on any atom is -0.341 e. The third-order valence-corrected chi connectivity index (χ3v) is 13.2. The molecule has 290 valence electrons. The summed E-state index contributed by atoms with van der Waals surface area (Å²) in [5.41, 5.74) is 0.106. The summed E-state index contributed by atoms with van der Waals surface area (Å²) in [6, 6.07) is 4.80. The van der Waals surface area contributed by atoms with Crippen LogP contribution in [-0.4, -0.2) is 72.9 Å². The van der Waals surface area contributed by atoms with Gasteiger partial charge in [-0.1, -0.05) is 0 Å². The number of anilines is 3. The first kappa shape index (κ1) is 36.1. The molecule has 1 aromatic carbocycles. The van der Waals surface area contributed by atoms with Crippen molar-refractivity contribution in [2.75, 3.05) is 23.3 Å². The van der Waals surface area contributed by atoms with Crippen molar-refractivity contribution >= 4 is 40.0 Å². The van der Waals surface area contributed by atoms with Gasteiger partial charge in [-0.2, -0.15) is 0 Å². The first-order valence-corrected chi connectivity index (χ1v) is 19.3. The Morgan fingerprint density at radius 3 is 2.44 bits per heavy atom. The largest absolute Gasteiger partial charge is 0.341 e. The van der Waals surface area contributed by atoms with Gasteiger partial charge in [-0.05, 0) is 117 Å². The maximum Gasteiger partial charge on any atom is 0.261 e. The number of hydrogen-bond acceptors (Lipinski definition) is 7. The van der Waals surface area contributed by atoms with Gasteiger partial charge in [0, 0.05) is 47.1 Å². The second-order valence-electron chi connectivity index (χ2n) is 17.7. The zero-order valence-electron chi connectivity index (χ0n) is 31.9. The van der Waals surface area contributed by atoms with Crippen molar-refractivity contribution in [1.82, 2.24) is 29.7 Å². The first-order chi connectivity index (χ1) is 26.0. The van der Waals surface area contributed by atoms with E-state index in [0.29, 0.717) is 28.0 Å². The fraction of sp³-hybridized carbons (Fsp3) is 0.537. The van der Waals surface area contributed by atoms with Crippen LogP contribution >= 0.6 is 0 Å². The van der Waals surface area contributed by atoms with Crippen molar-refractivity contribution in [2.45, 2.75) is 115 Å². The summed E-state index contributed by atoms with van der Waals surface area (Å²) in [6.45, 7) is 13.5. The van der Waals surface area contributed by atoms with E-state index in [1.807, 2.05) is 43.2 Å². The smallest absolute Gasteiger partial charge is 0.261 e. The molecule has 0 bridgehead atoms. The highest BCUT2D eigenvalue weighted by Crippen LogP contribution is 2.53. The molecule has 14 heteroatoms. The number of benzene rings is 1. The topological polar surface area (TPSA) is 108 Å². The molecule has 9 rings (SSSR count). The lowest BCUT2D eigenvalue weighted by Crippen LogP contribution is -2.64. The van der Waals surface area contributed by atoms with Gasteiger partial charge in [-0.15, -0.1) is 0 Å². The molecule has 0 radical (unpaired) electrons. The van der Waals surface area contributed by atoms with Crippen LogP contribution in [-0.2, 0) is 10.2 Å². The second-order valence-corrected chi connectivity index (χ2v) is 17.7. The lowest BCUT2D eigenvalue weighted by atomic mass is 9.71. The number of pyridine rings is 2. The number of likely N-dealkylation sites (tertiary alicyclic amines) is 1. The minimum atomic E-state index is -2.79. The molecule has 55 heavy (non-hydrogen) atoms. The number of imidazole rings is 1. The zero-order chi connectivity index (χ0) is 38.9.